The number of carboxylic acid groups (broad SMARTS) is 1. The van der Waals surface area contributed by atoms with Gasteiger partial charge in [-0.3, -0.25) is 9.36 Å². The quantitative estimate of drug-likeness (QED) is 0.537. The number of carboxylic acids is 1. The Bertz CT molecular complexity index is 320. The van der Waals surface area contributed by atoms with Crippen LogP contribution in [0.15, 0.2) is 0 Å². The first-order valence-corrected chi connectivity index (χ1v) is 6.48. The van der Waals surface area contributed by atoms with Gasteiger partial charge in [-0.2, -0.15) is 0 Å². The second kappa shape index (κ2) is 4.45. The summed E-state index contributed by atoms with van der Waals surface area (Å²) in [6, 6.07) is -1.12. The Labute approximate surface area is 95.0 Å². The van der Waals surface area contributed by atoms with Gasteiger partial charge in [-0.25, -0.2) is 0 Å². The topological polar surface area (TPSA) is 121 Å². The van der Waals surface area contributed by atoms with Crippen molar-refractivity contribution < 1.29 is 24.3 Å². The second-order valence-electron chi connectivity index (χ2n) is 5.14. The fourth-order valence-electron chi connectivity index (χ4n) is 1.28. The number of hydrogen-bond donors (Lipinski definition) is 4. The van der Waals surface area contributed by atoms with Crippen molar-refractivity contribution in [2.24, 2.45) is 11.1 Å². The number of nitrogens with two attached hydrogens (primary N) is 1. The molecule has 7 heteroatoms. The lowest BCUT2D eigenvalue weighted by molar-refractivity contribution is -0.139. The van der Waals surface area contributed by atoms with Crippen LogP contribution in [-0.2, 0) is 9.36 Å². The third-order valence-electron chi connectivity index (χ3n) is 3.43. The van der Waals surface area contributed by atoms with Crippen LogP contribution in [0.25, 0.3) is 0 Å². The van der Waals surface area contributed by atoms with E-state index in [0.717, 1.165) is 0 Å². The highest BCUT2D eigenvalue weighted by Gasteiger charge is 2.50. The number of aliphatic carboxylic acids is 1. The number of rotatable bonds is 5. The molecule has 0 aromatic rings. The minimum Gasteiger partial charge on any atom is -0.480 e. The average Bonchev–Trinajstić information content (AvgIpc) is 2.00. The Morgan fingerprint density at radius 1 is 1.31 bits per heavy atom. The lowest BCUT2D eigenvalue weighted by Gasteiger charge is -2.42. The van der Waals surface area contributed by atoms with Gasteiger partial charge >= 0.3 is 13.6 Å². The van der Waals surface area contributed by atoms with E-state index in [4.69, 9.17) is 10.8 Å². The first-order chi connectivity index (χ1) is 6.83. The lowest BCUT2D eigenvalue weighted by Crippen LogP contribution is -2.45. The van der Waals surface area contributed by atoms with Gasteiger partial charge in [0.2, 0.25) is 0 Å². The maximum absolute atomic E-state index is 11.4. The highest BCUT2D eigenvalue weighted by atomic mass is 31.2. The summed E-state index contributed by atoms with van der Waals surface area (Å²) in [4.78, 5) is 29.1. The first kappa shape index (κ1) is 15.6. The van der Waals surface area contributed by atoms with Crippen LogP contribution in [0.1, 0.15) is 34.1 Å². The van der Waals surface area contributed by atoms with Crippen LogP contribution >= 0.6 is 7.60 Å². The van der Waals surface area contributed by atoms with E-state index in [1.54, 1.807) is 13.8 Å². The maximum Gasteiger partial charge on any atom is 0.331 e. The van der Waals surface area contributed by atoms with Gasteiger partial charge in [0.05, 0.1) is 5.16 Å². The van der Waals surface area contributed by atoms with Gasteiger partial charge in [-0.1, -0.05) is 13.8 Å². The van der Waals surface area contributed by atoms with Crippen LogP contribution < -0.4 is 5.73 Å². The van der Waals surface area contributed by atoms with Gasteiger partial charge < -0.3 is 20.6 Å². The minimum absolute atomic E-state index is 0.000440. The van der Waals surface area contributed by atoms with E-state index in [-0.39, 0.29) is 6.42 Å². The molecule has 0 aromatic heterocycles. The predicted octanol–water partition coefficient (Wildman–Crippen LogP) is 0.771. The van der Waals surface area contributed by atoms with Gasteiger partial charge in [0.1, 0.15) is 6.04 Å². The van der Waals surface area contributed by atoms with Crippen LogP contribution in [0, 0.1) is 5.41 Å². The summed E-state index contributed by atoms with van der Waals surface area (Å²) in [5.41, 5.74) is 4.50. The van der Waals surface area contributed by atoms with Crippen molar-refractivity contribution in [2.45, 2.75) is 45.3 Å². The Balaban J connectivity index is 5.06. The van der Waals surface area contributed by atoms with Crippen molar-refractivity contribution in [3.63, 3.8) is 0 Å². The molecule has 0 aromatic carbocycles. The third kappa shape index (κ3) is 3.04. The van der Waals surface area contributed by atoms with Crippen LogP contribution in [-0.4, -0.2) is 32.1 Å². The van der Waals surface area contributed by atoms with E-state index in [0.29, 0.717) is 0 Å². The van der Waals surface area contributed by atoms with E-state index >= 15 is 0 Å². The zero-order valence-corrected chi connectivity index (χ0v) is 10.9. The van der Waals surface area contributed by atoms with Gasteiger partial charge in [0, 0.05) is 0 Å². The molecule has 0 rings (SSSR count). The summed E-state index contributed by atoms with van der Waals surface area (Å²) in [5.74, 6) is -1.17. The van der Waals surface area contributed by atoms with Crippen molar-refractivity contribution in [1.82, 2.24) is 0 Å². The Hall–Kier alpha value is -0.420. The van der Waals surface area contributed by atoms with Gasteiger partial charge in [0.15, 0.2) is 0 Å². The fourth-order valence-corrected chi connectivity index (χ4v) is 2.16. The van der Waals surface area contributed by atoms with Gasteiger partial charge in [0.25, 0.3) is 0 Å². The zero-order valence-electron chi connectivity index (χ0n) is 9.97. The van der Waals surface area contributed by atoms with Crippen molar-refractivity contribution in [3.05, 3.63) is 0 Å². The Morgan fingerprint density at radius 3 is 1.94 bits per heavy atom. The monoisotopic (exact) mass is 253 g/mol. The molecule has 0 saturated heterocycles. The van der Waals surface area contributed by atoms with E-state index in [1.807, 2.05) is 0 Å². The lowest BCUT2D eigenvalue weighted by atomic mass is 9.75. The third-order valence-corrected chi connectivity index (χ3v) is 5.49. The van der Waals surface area contributed by atoms with E-state index < -0.39 is 30.2 Å². The van der Waals surface area contributed by atoms with Crippen molar-refractivity contribution in [1.29, 1.82) is 0 Å². The summed E-state index contributed by atoms with van der Waals surface area (Å²) in [6.07, 6.45) is 0.000440. The standard InChI is InChI=1S/C9H20NO5P/c1-8(2,5-6(10)7(11)12)9(3,4)16(13,14)15/h6H,5,10H2,1-4H3,(H,11,12)(H2,13,14,15)/t6-/m1/s1. The van der Waals surface area contributed by atoms with Crippen molar-refractivity contribution in [3.8, 4) is 0 Å². The second-order valence-corrected chi connectivity index (χ2v) is 7.34. The molecule has 6 nitrogen and oxygen atoms in total. The summed E-state index contributed by atoms with van der Waals surface area (Å²) < 4.78 is 11.4. The van der Waals surface area contributed by atoms with E-state index in [9.17, 15) is 19.1 Å². The first-order valence-electron chi connectivity index (χ1n) is 4.87. The smallest absolute Gasteiger partial charge is 0.331 e. The molecule has 0 aliphatic rings. The summed E-state index contributed by atoms with van der Waals surface area (Å²) in [6.45, 7) is 6.05. The van der Waals surface area contributed by atoms with Crippen LogP contribution in [0.3, 0.4) is 0 Å². The Kier molecular flexibility index (Phi) is 4.33. The Morgan fingerprint density at radius 2 is 1.69 bits per heavy atom. The molecular weight excluding hydrogens is 233 g/mol. The largest absolute Gasteiger partial charge is 0.480 e. The van der Waals surface area contributed by atoms with Crippen LogP contribution in [0.5, 0.6) is 0 Å². The molecule has 0 radical (unpaired) electrons. The predicted molar refractivity (Wildman–Crippen MR) is 60.1 cm³/mol. The van der Waals surface area contributed by atoms with Crippen molar-refractivity contribution in [2.75, 3.05) is 0 Å². The average molecular weight is 253 g/mol. The molecule has 0 fully saturated rings. The molecule has 0 amide bonds. The molecule has 96 valence electrons. The highest BCUT2D eigenvalue weighted by molar-refractivity contribution is 7.53. The molecule has 0 bridgehead atoms. The molecule has 5 N–H and O–H groups in total. The van der Waals surface area contributed by atoms with Crippen molar-refractivity contribution >= 4 is 13.6 Å². The van der Waals surface area contributed by atoms with Gasteiger partial charge in [-0.15, -0.1) is 0 Å². The molecule has 0 unspecified atom stereocenters. The van der Waals surface area contributed by atoms with Gasteiger partial charge in [-0.05, 0) is 25.7 Å². The summed E-state index contributed by atoms with van der Waals surface area (Å²) >= 11 is 0. The summed E-state index contributed by atoms with van der Waals surface area (Å²) in [7, 11) is -4.33. The zero-order chi connectivity index (χ0) is 13.4. The fraction of sp³-hybridized carbons (Fsp3) is 0.889. The van der Waals surface area contributed by atoms with E-state index in [1.165, 1.54) is 13.8 Å². The minimum atomic E-state index is -4.33. The number of hydrogen-bond acceptors (Lipinski definition) is 3. The normalized spacial score (nSPS) is 15.9. The molecular formula is C9H20NO5P. The highest BCUT2D eigenvalue weighted by Crippen LogP contribution is 2.59. The molecule has 0 saturated carbocycles. The maximum atomic E-state index is 11.4. The van der Waals surface area contributed by atoms with E-state index in [2.05, 4.69) is 0 Å². The molecule has 0 heterocycles. The van der Waals surface area contributed by atoms with Crippen LogP contribution in [0.2, 0.25) is 0 Å². The molecule has 16 heavy (non-hydrogen) atoms. The summed E-state index contributed by atoms with van der Waals surface area (Å²) in [5, 5.41) is 7.37. The molecule has 0 aliphatic heterocycles. The van der Waals surface area contributed by atoms with Crippen LogP contribution in [0.4, 0.5) is 0 Å². The molecule has 0 aliphatic carbocycles. The SMILES string of the molecule is CC(C)(C[C@@H](N)C(=O)O)C(C)(C)P(=O)(O)O. The molecule has 1 atom stereocenters. The number of carbonyl (C=O) groups is 1. The molecule has 0 spiro atoms.